The maximum atomic E-state index is 13.8. The zero-order valence-electron chi connectivity index (χ0n) is 10.3. The Morgan fingerprint density at radius 1 is 1.37 bits per heavy atom. The summed E-state index contributed by atoms with van der Waals surface area (Å²) in [5.74, 6) is -0.683. The van der Waals surface area contributed by atoms with E-state index in [2.05, 4.69) is 4.99 Å². The predicted molar refractivity (Wildman–Crippen MR) is 72.2 cm³/mol. The number of ketones is 1. The Balaban J connectivity index is 2.11. The molecular formula is C15H13FN2O. The van der Waals surface area contributed by atoms with Crippen LogP contribution < -0.4 is 5.73 Å². The Morgan fingerprint density at radius 2 is 2.21 bits per heavy atom. The third-order valence-electron chi connectivity index (χ3n) is 3.36. The molecule has 0 amide bonds. The summed E-state index contributed by atoms with van der Waals surface area (Å²) in [6.07, 6.45) is 6.41. The number of nitrogens with zero attached hydrogens (tertiary/aromatic N) is 1. The molecule has 0 saturated carbocycles. The Hall–Kier alpha value is -2.07. The molecule has 3 nitrogen and oxygen atoms in total. The molecule has 19 heavy (non-hydrogen) atoms. The quantitative estimate of drug-likeness (QED) is 0.884. The van der Waals surface area contributed by atoms with E-state index in [4.69, 9.17) is 5.73 Å². The lowest BCUT2D eigenvalue weighted by molar-refractivity contribution is 0.103. The lowest BCUT2D eigenvalue weighted by Gasteiger charge is -2.21. The normalized spacial score (nSPS) is 20.5. The number of rotatable bonds is 2. The second-order valence-corrected chi connectivity index (χ2v) is 4.64. The fourth-order valence-electron chi connectivity index (χ4n) is 2.42. The standard InChI is InChI=1S/C15H13FN2O/c16-11-2-1-3-13-14(11)15(19)10-8-9(6-7-17)4-5-12(10)18-13/h1-5,8-9H,6-7,17H2. The Bertz CT molecular complexity index is 644. The minimum absolute atomic E-state index is 0.0688. The largest absolute Gasteiger partial charge is 0.330 e. The SMILES string of the molecule is NCCC1C=CC2=Nc3cccc(F)c3C(=O)C2=C1. The van der Waals surface area contributed by atoms with Crippen molar-refractivity contribution in [1.29, 1.82) is 0 Å². The number of nitrogens with two attached hydrogens (primary N) is 1. The lowest BCUT2D eigenvalue weighted by atomic mass is 9.86. The molecule has 1 aromatic carbocycles. The van der Waals surface area contributed by atoms with E-state index in [1.54, 1.807) is 12.1 Å². The van der Waals surface area contributed by atoms with Crippen molar-refractivity contribution in [2.24, 2.45) is 16.6 Å². The van der Waals surface area contributed by atoms with Crippen molar-refractivity contribution >= 4 is 17.2 Å². The zero-order valence-corrected chi connectivity index (χ0v) is 10.3. The Morgan fingerprint density at radius 3 is 3.00 bits per heavy atom. The first kappa shape index (κ1) is 12.0. The van der Waals surface area contributed by atoms with Crippen LogP contribution in [0.15, 0.2) is 47.0 Å². The molecule has 0 aromatic heterocycles. The molecule has 1 atom stereocenters. The first-order valence-corrected chi connectivity index (χ1v) is 6.23. The van der Waals surface area contributed by atoms with Crippen molar-refractivity contribution in [3.63, 3.8) is 0 Å². The number of Topliss-reactive ketones (excluding diaryl/α,β-unsaturated/α-hetero) is 1. The van der Waals surface area contributed by atoms with Crippen LogP contribution in [0.1, 0.15) is 16.8 Å². The van der Waals surface area contributed by atoms with Crippen LogP contribution in [-0.2, 0) is 0 Å². The van der Waals surface area contributed by atoms with Crippen molar-refractivity contribution in [2.75, 3.05) is 6.54 Å². The van der Waals surface area contributed by atoms with Gasteiger partial charge in [0.25, 0.3) is 0 Å². The second-order valence-electron chi connectivity index (χ2n) is 4.64. The summed E-state index contributed by atoms with van der Waals surface area (Å²) in [5.41, 5.74) is 7.09. The minimum Gasteiger partial charge on any atom is -0.330 e. The van der Waals surface area contributed by atoms with Crippen LogP contribution in [0.2, 0.25) is 0 Å². The summed E-state index contributed by atoms with van der Waals surface area (Å²) in [5, 5.41) is 0. The maximum Gasteiger partial charge on any atom is 0.200 e. The highest BCUT2D eigenvalue weighted by Gasteiger charge is 2.29. The Kier molecular flexibility index (Phi) is 2.87. The number of carbonyl (C=O) groups excluding carboxylic acids is 1. The van der Waals surface area contributed by atoms with Gasteiger partial charge in [0.05, 0.1) is 17.0 Å². The minimum atomic E-state index is -0.517. The van der Waals surface area contributed by atoms with Gasteiger partial charge in [0.15, 0.2) is 5.78 Å². The van der Waals surface area contributed by atoms with Gasteiger partial charge in [0.1, 0.15) is 5.82 Å². The van der Waals surface area contributed by atoms with Crippen molar-refractivity contribution in [1.82, 2.24) is 0 Å². The fraction of sp³-hybridized carbons (Fsp3) is 0.200. The molecule has 1 aliphatic carbocycles. The number of carbonyl (C=O) groups is 1. The third kappa shape index (κ3) is 1.94. The number of halogens is 1. The van der Waals surface area contributed by atoms with Gasteiger partial charge in [-0.2, -0.15) is 0 Å². The Labute approximate surface area is 110 Å². The van der Waals surface area contributed by atoms with Crippen LogP contribution in [0.5, 0.6) is 0 Å². The molecule has 0 saturated heterocycles. The smallest absolute Gasteiger partial charge is 0.200 e. The van der Waals surface area contributed by atoms with Gasteiger partial charge >= 0.3 is 0 Å². The van der Waals surface area contributed by atoms with Crippen molar-refractivity contribution < 1.29 is 9.18 Å². The average Bonchev–Trinajstić information content (AvgIpc) is 2.40. The summed E-state index contributed by atoms with van der Waals surface area (Å²) in [4.78, 5) is 16.7. The van der Waals surface area contributed by atoms with Gasteiger partial charge in [-0.05, 0) is 37.1 Å². The number of aliphatic imine (C=N–C) groups is 1. The van der Waals surface area contributed by atoms with E-state index in [9.17, 15) is 9.18 Å². The van der Waals surface area contributed by atoms with Gasteiger partial charge in [-0.1, -0.05) is 18.2 Å². The molecule has 0 spiro atoms. The van der Waals surface area contributed by atoms with Gasteiger partial charge in [-0.3, -0.25) is 4.79 Å². The number of hydrogen-bond acceptors (Lipinski definition) is 3. The highest BCUT2D eigenvalue weighted by molar-refractivity contribution is 6.35. The average molecular weight is 256 g/mol. The molecule has 1 aromatic rings. The van der Waals surface area contributed by atoms with Crippen LogP contribution in [-0.4, -0.2) is 18.0 Å². The first-order valence-electron chi connectivity index (χ1n) is 6.23. The highest BCUT2D eigenvalue weighted by atomic mass is 19.1. The zero-order chi connectivity index (χ0) is 13.4. The van der Waals surface area contributed by atoms with Crippen LogP contribution in [0.3, 0.4) is 0 Å². The number of hydrogen-bond donors (Lipinski definition) is 1. The van der Waals surface area contributed by atoms with Crippen LogP contribution in [0, 0.1) is 11.7 Å². The van der Waals surface area contributed by atoms with E-state index in [-0.39, 0.29) is 17.3 Å². The number of fused-ring (bicyclic) bond motifs is 2. The molecule has 1 aliphatic heterocycles. The van der Waals surface area contributed by atoms with Gasteiger partial charge in [0.2, 0.25) is 0 Å². The van der Waals surface area contributed by atoms with Gasteiger partial charge in [-0.15, -0.1) is 0 Å². The van der Waals surface area contributed by atoms with Crippen LogP contribution in [0.4, 0.5) is 10.1 Å². The van der Waals surface area contributed by atoms with E-state index >= 15 is 0 Å². The second kappa shape index (κ2) is 4.55. The maximum absolute atomic E-state index is 13.8. The summed E-state index contributed by atoms with van der Waals surface area (Å²) in [6, 6.07) is 4.50. The molecule has 2 aliphatic rings. The monoisotopic (exact) mass is 256 g/mol. The predicted octanol–water partition coefficient (Wildman–Crippen LogP) is 2.56. The third-order valence-corrected chi connectivity index (χ3v) is 3.36. The topological polar surface area (TPSA) is 55.4 Å². The van der Waals surface area contributed by atoms with Crippen molar-refractivity contribution in [2.45, 2.75) is 6.42 Å². The molecule has 1 unspecified atom stereocenters. The molecular weight excluding hydrogens is 243 g/mol. The van der Waals surface area contributed by atoms with E-state index < -0.39 is 5.82 Å². The van der Waals surface area contributed by atoms with E-state index in [0.29, 0.717) is 23.5 Å². The van der Waals surface area contributed by atoms with Gasteiger partial charge < -0.3 is 5.73 Å². The van der Waals surface area contributed by atoms with E-state index in [1.165, 1.54) is 6.07 Å². The van der Waals surface area contributed by atoms with Crippen LogP contribution in [0.25, 0.3) is 0 Å². The first-order chi connectivity index (χ1) is 9.20. The van der Waals surface area contributed by atoms with Crippen molar-refractivity contribution in [3.8, 4) is 0 Å². The molecule has 96 valence electrons. The molecule has 2 N–H and O–H groups in total. The molecule has 1 heterocycles. The van der Waals surface area contributed by atoms with Crippen molar-refractivity contribution in [3.05, 3.63) is 53.4 Å². The lowest BCUT2D eigenvalue weighted by Crippen LogP contribution is -2.22. The molecule has 3 rings (SSSR count). The number of allylic oxidation sites excluding steroid dienone is 4. The fourth-order valence-corrected chi connectivity index (χ4v) is 2.42. The van der Waals surface area contributed by atoms with E-state index in [1.807, 2.05) is 18.2 Å². The summed E-state index contributed by atoms with van der Waals surface area (Å²) in [7, 11) is 0. The summed E-state index contributed by atoms with van der Waals surface area (Å²) in [6.45, 7) is 0.546. The van der Waals surface area contributed by atoms with Gasteiger partial charge in [-0.25, -0.2) is 9.38 Å². The molecule has 0 bridgehead atoms. The van der Waals surface area contributed by atoms with Gasteiger partial charge in [0, 0.05) is 5.57 Å². The van der Waals surface area contributed by atoms with E-state index in [0.717, 1.165) is 6.42 Å². The summed E-state index contributed by atoms with van der Waals surface area (Å²) >= 11 is 0. The number of benzene rings is 1. The molecule has 0 fully saturated rings. The summed E-state index contributed by atoms with van der Waals surface area (Å²) < 4.78 is 13.8. The van der Waals surface area contributed by atoms with Crippen LogP contribution >= 0.6 is 0 Å². The molecule has 4 heteroatoms. The highest BCUT2D eigenvalue weighted by Crippen LogP contribution is 2.33. The molecule has 0 radical (unpaired) electrons.